The van der Waals surface area contributed by atoms with Gasteiger partial charge in [-0.2, -0.15) is 0 Å². The molecule has 1 fully saturated rings. The summed E-state index contributed by atoms with van der Waals surface area (Å²) in [6.07, 6.45) is 10.0. The second kappa shape index (κ2) is 6.91. The summed E-state index contributed by atoms with van der Waals surface area (Å²) in [5.41, 5.74) is 2.09. The lowest BCUT2D eigenvalue weighted by molar-refractivity contribution is 0.146. The number of fused-ring (bicyclic) bond motifs is 4. The fraction of sp³-hybridized carbons (Fsp3) is 0.625. The van der Waals surface area contributed by atoms with Crippen LogP contribution < -0.4 is 5.32 Å². The van der Waals surface area contributed by atoms with Gasteiger partial charge in [-0.05, 0) is 72.5 Å². The van der Waals surface area contributed by atoms with Gasteiger partial charge in [0.05, 0.1) is 5.37 Å². The number of rotatable bonds is 2. The molecule has 0 radical (unpaired) electrons. The van der Waals surface area contributed by atoms with E-state index < -0.39 is 24.9 Å². The zero-order chi connectivity index (χ0) is 23.8. The lowest BCUT2D eigenvalue weighted by atomic mass is 9.78. The third kappa shape index (κ3) is 3.43. The molecule has 0 spiro atoms. The lowest BCUT2D eigenvalue weighted by Gasteiger charge is -2.33. The van der Waals surface area contributed by atoms with Crippen LogP contribution in [0, 0.1) is 17.3 Å². The predicted molar refractivity (Wildman–Crippen MR) is 118 cm³/mol. The van der Waals surface area contributed by atoms with E-state index in [1.165, 1.54) is 5.57 Å². The second-order valence-electron chi connectivity index (χ2n) is 9.39. The first kappa shape index (κ1) is 13.9. The van der Waals surface area contributed by atoms with E-state index in [-0.39, 0.29) is 29.0 Å². The fourth-order valence-corrected chi connectivity index (χ4v) is 6.30. The van der Waals surface area contributed by atoms with Crippen LogP contribution in [0.1, 0.15) is 66.5 Å². The molecule has 4 heteroatoms. The molecule has 1 aliphatic carbocycles. The Bertz CT molecular complexity index is 1000. The summed E-state index contributed by atoms with van der Waals surface area (Å²) in [5, 5.41) is 3.81. The van der Waals surface area contributed by atoms with E-state index in [1.807, 2.05) is 32.9 Å². The summed E-state index contributed by atoms with van der Waals surface area (Å²) in [7, 11) is 0. The van der Waals surface area contributed by atoms with Gasteiger partial charge in [-0.25, -0.2) is 4.99 Å². The molecule has 0 saturated carbocycles. The Morgan fingerprint density at radius 3 is 3.14 bits per heavy atom. The van der Waals surface area contributed by atoms with Crippen LogP contribution in [-0.4, -0.2) is 23.4 Å². The van der Waals surface area contributed by atoms with E-state index >= 15 is 0 Å². The molecule has 0 amide bonds. The number of allylic oxidation sites excluding steroid dienone is 3. The number of thioether (sulfide) groups is 1. The van der Waals surface area contributed by atoms with Gasteiger partial charge >= 0.3 is 0 Å². The maximum Gasteiger partial charge on any atom is 0.196 e. The first-order chi connectivity index (χ1) is 15.4. The van der Waals surface area contributed by atoms with Crippen molar-refractivity contribution >= 4 is 17.5 Å². The summed E-state index contributed by atoms with van der Waals surface area (Å²) in [6.45, 7) is 3.62. The van der Waals surface area contributed by atoms with Crippen LogP contribution in [0.25, 0.3) is 0 Å². The van der Waals surface area contributed by atoms with E-state index in [0.29, 0.717) is 0 Å². The largest absolute Gasteiger partial charge is 0.472 e. The molecule has 4 heterocycles. The highest BCUT2D eigenvalue weighted by Crippen LogP contribution is 2.49. The van der Waals surface area contributed by atoms with Gasteiger partial charge in [-0.3, -0.25) is 5.32 Å². The number of hydrogen-bond donors (Lipinski definition) is 1. The average Bonchev–Trinajstić information content (AvgIpc) is 3.32. The number of dihydropyridines is 1. The maximum atomic E-state index is 8.66. The lowest BCUT2D eigenvalue weighted by Crippen LogP contribution is -2.41. The van der Waals surface area contributed by atoms with Crippen LogP contribution in [0.4, 0.5) is 0 Å². The minimum Gasteiger partial charge on any atom is -0.472 e. The molecule has 0 aromatic carbocycles. The number of ether oxygens (including phenoxy) is 1. The molecule has 5 rings (SSSR count). The highest BCUT2D eigenvalue weighted by molar-refractivity contribution is 8.04. The van der Waals surface area contributed by atoms with Gasteiger partial charge in [0.15, 0.2) is 6.23 Å². The molecule has 0 aromatic rings. The van der Waals surface area contributed by atoms with E-state index in [4.69, 9.17) is 11.6 Å². The van der Waals surface area contributed by atoms with E-state index in [0.717, 1.165) is 41.9 Å². The van der Waals surface area contributed by atoms with Gasteiger partial charge in [-0.1, -0.05) is 32.9 Å². The van der Waals surface area contributed by atoms with E-state index in [9.17, 15) is 0 Å². The van der Waals surface area contributed by atoms with Gasteiger partial charge in [0.25, 0.3) is 0 Å². The molecule has 3 unspecified atom stereocenters. The van der Waals surface area contributed by atoms with Crippen molar-refractivity contribution in [3.8, 4) is 0 Å². The van der Waals surface area contributed by atoms with Gasteiger partial charge < -0.3 is 4.74 Å². The Balaban J connectivity index is 1.36. The summed E-state index contributed by atoms with van der Waals surface area (Å²) in [6, 6.07) is 0.146. The van der Waals surface area contributed by atoms with Crippen molar-refractivity contribution in [1.82, 2.24) is 5.32 Å². The molecule has 1 saturated heterocycles. The molecule has 150 valence electrons. The molecule has 3 nitrogen and oxygen atoms in total. The number of hydrogen-bond acceptors (Lipinski definition) is 4. The normalized spacial score (nSPS) is 40.5. The topological polar surface area (TPSA) is 33.6 Å². The third-order valence-corrected chi connectivity index (χ3v) is 7.22. The Morgan fingerprint density at radius 2 is 2.32 bits per heavy atom. The third-order valence-electron chi connectivity index (χ3n) is 6.10. The molecule has 0 bridgehead atoms. The predicted octanol–water partition coefficient (Wildman–Crippen LogP) is 5.73. The minimum absolute atomic E-state index is 0.0495. The zero-order valence-corrected chi connectivity index (χ0v) is 17.6. The fourth-order valence-electron chi connectivity index (χ4n) is 4.95. The minimum atomic E-state index is -2.22. The van der Waals surface area contributed by atoms with Crippen LogP contribution in [0.2, 0.25) is 0 Å². The summed E-state index contributed by atoms with van der Waals surface area (Å²) >= 11 is 1.59. The molecule has 28 heavy (non-hydrogen) atoms. The monoisotopic (exact) mass is 401 g/mol. The SMILES string of the molecule is [2H]C([2H])([2H])C1=NC2OC3=C([C@H]4CC=C5C=C(C([2H])([2H])C(C)(C)C)S[C@H]5N4)CCCC3C2C=C1. The van der Waals surface area contributed by atoms with Crippen molar-refractivity contribution in [3.05, 3.63) is 46.1 Å². The van der Waals surface area contributed by atoms with Gasteiger partial charge in [-0.15, -0.1) is 11.8 Å². The summed E-state index contributed by atoms with van der Waals surface area (Å²) in [4.78, 5) is 5.25. The van der Waals surface area contributed by atoms with Crippen LogP contribution >= 0.6 is 11.8 Å². The number of nitrogens with one attached hydrogen (secondary N) is 1. The van der Waals surface area contributed by atoms with Crippen molar-refractivity contribution in [2.75, 3.05) is 0 Å². The molecule has 0 aromatic heterocycles. The average molecular weight is 402 g/mol. The van der Waals surface area contributed by atoms with Crippen molar-refractivity contribution < 1.29 is 11.6 Å². The van der Waals surface area contributed by atoms with Crippen molar-refractivity contribution in [2.45, 2.75) is 77.3 Å². The number of nitrogens with zero attached hydrogens (tertiary/aromatic N) is 1. The molecule has 5 aliphatic rings. The van der Waals surface area contributed by atoms with Crippen molar-refractivity contribution in [3.63, 3.8) is 0 Å². The van der Waals surface area contributed by atoms with Crippen LogP contribution in [0.15, 0.2) is 51.1 Å². The van der Waals surface area contributed by atoms with Crippen molar-refractivity contribution in [1.29, 1.82) is 0 Å². The van der Waals surface area contributed by atoms with Crippen LogP contribution in [0.5, 0.6) is 0 Å². The Kier molecular flexibility index (Phi) is 3.42. The van der Waals surface area contributed by atoms with Crippen LogP contribution in [-0.2, 0) is 4.74 Å². The first-order valence-electron chi connectivity index (χ1n) is 12.9. The molecular weight excluding hydrogens is 364 g/mol. The van der Waals surface area contributed by atoms with E-state index in [1.54, 1.807) is 17.8 Å². The van der Waals surface area contributed by atoms with Crippen LogP contribution in [0.3, 0.4) is 0 Å². The maximum absolute atomic E-state index is 8.66. The van der Waals surface area contributed by atoms with Gasteiger partial charge in [0, 0.05) is 30.4 Å². The van der Waals surface area contributed by atoms with E-state index in [2.05, 4.69) is 16.4 Å². The number of aliphatic imine (C=N–C) groups is 1. The summed E-state index contributed by atoms with van der Waals surface area (Å²) < 4.78 is 46.7. The highest BCUT2D eigenvalue weighted by atomic mass is 32.2. The molecule has 5 atom stereocenters. The zero-order valence-electron chi connectivity index (χ0n) is 21.8. The Labute approximate surface area is 180 Å². The van der Waals surface area contributed by atoms with Gasteiger partial charge in [0.1, 0.15) is 5.76 Å². The Morgan fingerprint density at radius 1 is 1.43 bits per heavy atom. The molecule has 1 N–H and O–H groups in total. The standard InChI is InChI=1S/C24H32N2OS/c1-14-8-10-18-17-6-5-7-19(21(17)27-22(18)25-14)20-11-9-15-12-16(13-24(2,3)4)28-23(15)26-20/h8-10,12,17-18,20,22-23,26H,5-7,11,13H2,1-4H3/t17?,18?,20-,22?,23-/m1/s1/i1D3,13D2. The first-order valence-corrected chi connectivity index (χ1v) is 11.3. The quantitative estimate of drug-likeness (QED) is 0.642. The van der Waals surface area contributed by atoms with Crippen molar-refractivity contribution in [2.24, 2.45) is 22.2 Å². The van der Waals surface area contributed by atoms with Gasteiger partial charge in [0.2, 0.25) is 0 Å². The summed E-state index contributed by atoms with van der Waals surface area (Å²) in [5.74, 6) is 1.36. The molecule has 4 aliphatic heterocycles. The smallest absolute Gasteiger partial charge is 0.196 e. The molecular formula is C24H32N2OS. The second-order valence-corrected chi connectivity index (χ2v) is 10.5. The highest BCUT2D eigenvalue weighted by Gasteiger charge is 2.45. The Hall–Kier alpha value is -1.26.